The van der Waals surface area contributed by atoms with Crippen LogP contribution in [0.5, 0.6) is 11.5 Å². The summed E-state index contributed by atoms with van der Waals surface area (Å²) in [6, 6.07) is 9.64. The molecule has 2 aliphatic heterocycles. The van der Waals surface area contributed by atoms with Crippen molar-refractivity contribution < 1.29 is 44.0 Å². The molecule has 0 radical (unpaired) electrons. The molecule has 4 rings (SSSR count). The van der Waals surface area contributed by atoms with Crippen molar-refractivity contribution in [3.05, 3.63) is 70.9 Å². The number of phenols is 2. The average molecular weight is 542 g/mol. The Balaban J connectivity index is 1.54. The number of thioether (sulfide) groups is 1. The monoisotopic (exact) mass is 541 g/mol. The van der Waals surface area contributed by atoms with Crippen LogP contribution in [0.25, 0.3) is 0 Å². The van der Waals surface area contributed by atoms with Crippen molar-refractivity contribution in [3.8, 4) is 11.5 Å². The lowest BCUT2D eigenvalue weighted by Gasteiger charge is -2.49. The molecule has 38 heavy (non-hydrogen) atoms. The number of esters is 1. The zero-order valence-electron chi connectivity index (χ0n) is 19.9. The van der Waals surface area contributed by atoms with Crippen molar-refractivity contribution >= 4 is 41.4 Å². The van der Waals surface area contributed by atoms with Gasteiger partial charge in [0.05, 0.1) is 5.56 Å². The summed E-state index contributed by atoms with van der Waals surface area (Å²) in [7, 11) is 0. The van der Waals surface area contributed by atoms with Crippen LogP contribution in [0.2, 0.25) is 0 Å². The molecule has 0 spiro atoms. The largest absolute Gasteiger partial charge is 0.504 e. The lowest BCUT2D eigenvalue weighted by molar-refractivity contribution is -0.151. The number of fused-ring (bicyclic) bond motifs is 1. The number of para-hydroxylation sites is 1. The predicted molar refractivity (Wildman–Crippen MR) is 133 cm³/mol. The van der Waals surface area contributed by atoms with Gasteiger partial charge in [-0.1, -0.05) is 36.4 Å². The first-order valence-electron chi connectivity index (χ1n) is 11.3. The molecule has 198 valence electrons. The standard InChI is InChI=1S/C25H23N3O9S/c1-12(29)37-10-14-11-38-24-18(23(34)28(24)19(14)25(35)36)27-22(33)17(13-6-3-2-4-7-13)26-21(32)15-8-5-9-16(30)20(15)31/h2-9,17-18,24,30-31H,10-11H2,1H3,(H,26,32)(H,27,33)(H,35,36)/t17?,18?,24-/m0/s1. The molecule has 0 aromatic heterocycles. The third-order valence-corrected chi connectivity index (χ3v) is 7.27. The van der Waals surface area contributed by atoms with Crippen molar-refractivity contribution in [2.45, 2.75) is 24.4 Å². The van der Waals surface area contributed by atoms with Gasteiger partial charge in [-0.3, -0.25) is 24.1 Å². The Morgan fingerprint density at radius 1 is 1.11 bits per heavy atom. The number of β-lactam (4-membered cyclic amide) rings is 1. The first kappa shape index (κ1) is 26.5. The molecule has 5 N–H and O–H groups in total. The van der Waals surface area contributed by atoms with Gasteiger partial charge in [0.2, 0.25) is 5.91 Å². The van der Waals surface area contributed by atoms with Crippen LogP contribution in [0.15, 0.2) is 59.8 Å². The normalized spacial score (nSPS) is 19.1. The number of nitrogens with zero attached hydrogens (tertiary/aromatic N) is 1. The molecular formula is C25H23N3O9S. The number of phenolic OH excluding ortho intramolecular Hbond substituents is 2. The summed E-state index contributed by atoms with van der Waals surface area (Å²) in [6.45, 7) is 0.908. The quantitative estimate of drug-likeness (QED) is 0.183. The van der Waals surface area contributed by atoms with Gasteiger partial charge >= 0.3 is 11.9 Å². The molecule has 2 unspecified atom stereocenters. The van der Waals surface area contributed by atoms with Gasteiger partial charge in [-0.15, -0.1) is 11.8 Å². The maximum atomic E-state index is 13.3. The molecule has 2 aliphatic rings. The minimum atomic E-state index is -1.36. The molecular weight excluding hydrogens is 518 g/mol. The van der Waals surface area contributed by atoms with Crippen LogP contribution in [-0.4, -0.2) is 73.7 Å². The molecule has 12 nitrogen and oxygen atoms in total. The smallest absolute Gasteiger partial charge is 0.352 e. The van der Waals surface area contributed by atoms with Crippen LogP contribution < -0.4 is 10.6 Å². The maximum absolute atomic E-state index is 13.3. The SMILES string of the molecule is CC(=O)OCC1=C(C(=O)O)N2C(=O)C(NC(=O)C(NC(=O)c3cccc(O)c3O)c3ccccc3)[C@@H]2SC1. The number of hydrogen-bond donors (Lipinski definition) is 5. The van der Waals surface area contributed by atoms with E-state index >= 15 is 0 Å². The van der Waals surface area contributed by atoms with Crippen LogP contribution in [0.1, 0.15) is 28.9 Å². The summed E-state index contributed by atoms with van der Waals surface area (Å²) < 4.78 is 4.91. The van der Waals surface area contributed by atoms with E-state index in [0.717, 1.165) is 4.90 Å². The number of aromatic hydroxyl groups is 2. The molecule has 0 aliphatic carbocycles. The minimum Gasteiger partial charge on any atom is -0.504 e. The van der Waals surface area contributed by atoms with Gasteiger partial charge in [-0.05, 0) is 17.7 Å². The highest BCUT2D eigenvalue weighted by molar-refractivity contribution is 8.00. The first-order valence-corrected chi connectivity index (χ1v) is 12.4. The van der Waals surface area contributed by atoms with Gasteiger partial charge in [0, 0.05) is 18.2 Å². The second-order valence-corrected chi connectivity index (χ2v) is 9.53. The Labute approximate surface area is 220 Å². The van der Waals surface area contributed by atoms with Crippen LogP contribution in [0.4, 0.5) is 0 Å². The highest BCUT2D eigenvalue weighted by Crippen LogP contribution is 2.40. The summed E-state index contributed by atoms with van der Waals surface area (Å²) in [4.78, 5) is 63.3. The van der Waals surface area contributed by atoms with Crippen molar-refractivity contribution in [1.29, 1.82) is 0 Å². The molecule has 3 amide bonds. The van der Waals surface area contributed by atoms with Crippen LogP contribution in [-0.2, 0) is 23.9 Å². The Hall–Kier alpha value is -4.52. The molecule has 13 heteroatoms. The number of carboxylic acid groups (broad SMARTS) is 1. The van der Waals surface area contributed by atoms with Crippen molar-refractivity contribution in [3.63, 3.8) is 0 Å². The fourth-order valence-corrected chi connectivity index (χ4v) is 5.42. The van der Waals surface area contributed by atoms with E-state index in [-0.39, 0.29) is 29.2 Å². The van der Waals surface area contributed by atoms with E-state index in [1.54, 1.807) is 30.3 Å². The third kappa shape index (κ3) is 5.13. The molecule has 2 aromatic carbocycles. The Kier molecular flexibility index (Phi) is 7.57. The van der Waals surface area contributed by atoms with E-state index in [2.05, 4.69) is 10.6 Å². The zero-order chi connectivity index (χ0) is 27.6. The van der Waals surface area contributed by atoms with E-state index in [1.165, 1.54) is 36.9 Å². The Morgan fingerprint density at radius 3 is 2.47 bits per heavy atom. The number of carbonyl (C=O) groups excluding carboxylic acids is 4. The Bertz CT molecular complexity index is 1340. The molecule has 0 saturated carbocycles. The van der Waals surface area contributed by atoms with Crippen molar-refractivity contribution in [1.82, 2.24) is 15.5 Å². The van der Waals surface area contributed by atoms with Gasteiger partial charge in [0.1, 0.15) is 29.8 Å². The van der Waals surface area contributed by atoms with Gasteiger partial charge < -0.3 is 30.7 Å². The summed E-state index contributed by atoms with van der Waals surface area (Å²) >= 11 is 1.20. The van der Waals surface area contributed by atoms with Gasteiger partial charge in [-0.2, -0.15) is 0 Å². The summed E-state index contributed by atoms with van der Waals surface area (Å²) in [6.07, 6.45) is 0. The minimum absolute atomic E-state index is 0.158. The molecule has 2 heterocycles. The van der Waals surface area contributed by atoms with Crippen molar-refractivity contribution in [2.75, 3.05) is 12.4 Å². The lowest BCUT2D eigenvalue weighted by atomic mass is 10.0. The zero-order valence-corrected chi connectivity index (χ0v) is 20.7. The van der Waals surface area contributed by atoms with E-state index in [1.807, 2.05) is 0 Å². The van der Waals surface area contributed by atoms with Crippen LogP contribution >= 0.6 is 11.8 Å². The number of carbonyl (C=O) groups is 5. The fraction of sp³-hybridized carbons (Fsp3) is 0.240. The fourth-order valence-electron chi connectivity index (χ4n) is 4.09. The predicted octanol–water partition coefficient (Wildman–Crippen LogP) is 0.871. The topological polar surface area (TPSA) is 183 Å². The van der Waals surface area contributed by atoms with E-state index < -0.39 is 58.6 Å². The molecule has 2 aromatic rings. The first-order chi connectivity index (χ1) is 18.1. The molecule has 1 fully saturated rings. The average Bonchev–Trinajstić information content (AvgIpc) is 2.90. The summed E-state index contributed by atoms with van der Waals surface area (Å²) in [5, 5.41) is 33.9. The number of rotatable bonds is 8. The number of carboxylic acids is 1. The maximum Gasteiger partial charge on any atom is 0.352 e. The number of amides is 3. The highest BCUT2D eigenvalue weighted by atomic mass is 32.2. The van der Waals surface area contributed by atoms with E-state index in [0.29, 0.717) is 5.56 Å². The number of aliphatic carboxylic acids is 1. The van der Waals surface area contributed by atoms with Crippen LogP contribution in [0.3, 0.4) is 0 Å². The van der Waals surface area contributed by atoms with Gasteiger partial charge in [0.15, 0.2) is 11.5 Å². The summed E-state index contributed by atoms with van der Waals surface area (Å²) in [5.41, 5.74) is 0.0851. The highest BCUT2D eigenvalue weighted by Gasteiger charge is 2.54. The van der Waals surface area contributed by atoms with Gasteiger partial charge in [0.25, 0.3) is 11.8 Å². The molecule has 3 atom stereocenters. The molecule has 1 saturated heterocycles. The molecule has 0 bridgehead atoms. The number of nitrogens with one attached hydrogen (secondary N) is 2. The van der Waals surface area contributed by atoms with Crippen LogP contribution in [0, 0.1) is 0 Å². The second-order valence-electron chi connectivity index (χ2n) is 8.42. The summed E-state index contributed by atoms with van der Waals surface area (Å²) in [5.74, 6) is -5.22. The third-order valence-electron chi connectivity index (χ3n) is 5.93. The Morgan fingerprint density at radius 2 is 1.82 bits per heavy atom. The second kappa shape index (κ2) is 10.8. The van der Waals surface area contributed by atoms with E-state index in [4.69, 9.17) is 4.74 Å². The number of ether oxygens (including phenoxy) is 1. The lowest BCUT2D eigenvalue weighted by Crippen LogP contribution is -2.71. The van der Waals surface area contributed by atoms with E-state index in [9.17, 15) is 39.3 Å². The van der Waals surface area contributed by atoms with Gasteiger partial charge in [-0.25, -0.2) is 4.79 Å². The van der Waals surface area contributed by atoms with Crippen molar-refractivity contribution in [2.24, 2.45) is 0 Å². The number of benzene rings is 2. The number of hydrogen-bond acceptors (Lipinski definition) is 9.